The van der Waals surface area contributed by atoms with Gasteiger partial charge < -0.3 is 14.4 Å². The number of aromatic nitrogens is 2. The highest BCUT2D eigenvalue weighted by Crippen LogP contribution is 2.00. The lowest BCUT2D eigenvalue weighted by molar-refractivity contribution is 0.478. The van der Waals surface area contributed by atoms with Crippen LogP contribution in [0.4, 0.5) is 0 Å². The average Bonchev–Trinajstić information content (AvgIpc) is 2.51. The zero-order valence-corrected chi connectivity index (χ0v) is 12.8. The van der Waals surface area contributed by atoms with Crippen molar-refractivity contribution in [2.24, 2.45) is 12.0 Å². The van der Waals surface area contributed by atoms with E-state index in [2.05, 4.69) is 9.98 Å². The van der Waals surface area contributed by atoms with E-state index in [4.69, 9.17) is 0 Å². The molecule has 1 aromatic rings. The molecule has 1 heterocycles. The van der Waals surface area contributed by atoms with E-state index in [0.29, 0.717) is 6.54 Å². The second-order valence-corrected chi connectivity index (χ2v) is 3.90. The summed E-state index contributed by atoms with van der Waals surface area (Å²) in [5.41, 5.74) is 1.11. The molecule has 1 rings (SSSR count). The molecule has 0 aliphatic heterocycles. The van der Waals surface area contributed by atoms with Crippen molar-refractivity contribution in [1.82, 2.24) is 19.4 Å². The molecule has 6 heteroatoms. The van der Waals surface area contributed by atoms with Crippen LogP contribution in [0.15, 0.2) is 17.5 Å². The van der Waals surface area contributed by atoms with Crippen LogP contribution < -0.4 is 0 Å². The van der Waals surface area contributed by atoms with E-state index in [-0.39, 0.29) is 24.0 Å². The van der Waals surface area contributed by atoms with Crippen molar-refractivity contribution in [2.75, 3.05) is 28.2 Å². The molecule has 16 heavy (non-hydrogen) atoms. The third kappa shape index (κ3) is 3.99. The van der Waals surface area contributed by atoms with Crippen molar-refractivity contribution in [1.29, 1.82) is 0 Å². The van der Waals surface area contributed by atoms with Crippen molar-refractivity contribution in [2.45, 2.75) is 6.54 Å². The van der Waals surface area contributed by atoms with Crippen LogP contribution in [0, 0.1) is 0 Å². The topological polar surface area (TPSA) is 36.7 Å². The fourth-order valence-corrected chi connectivity index (χ4v) is 1.37. The second kappa shape index (κ2) is 6.72. The fraction of sp³-hybridized carbons (Fsp3) is 0.600. The van der Waals surface area contributed by atoms with Gasteiger partial charge in [-0.1, -0.05) is 0 Å². The zero-order valence-electron chi connectivity index (χ0n) is 10.5. The Hall–Kier alpha value is -0.790. The highest BCUT2D eigenvalue weighted by molar-refractivity contribution is 14.0. The quantitative estimate of drug-likeness (QED) is 0.459. The van der Waals surface area contributed by atoms with Crippen molar-refractivity contribution in [3.05, 3.63) is 18.2 Å². The van der Waals surface area contributed by atoms with E-state index in [1.807, 2.05) is 55.8 Å². The predicted octanol–water partition coefficient (Wildman–Crippen LogP) is 1.02. The number of rotatable bonds is 2. The normalized spacial score (nSPS) is 9.31. The molecule has 0 bridgehead atoms. The third-order valence-corrected chi connectivity index (χ3v) is 2.10. The van der Waals surface area contributed by atoms with E-state index in [0.717, 1.165) is 11.7 Å². The van der Waals surface area contributed by atoms with Crippen LogP contribution in [0.5, 0.6) is 0 Å². The number of halogens is 1. The number of nitrogens with zero attached hydrogens (tertiary/aromatic N) is 5. The van der Waals surface area contributed by atoms with Gasteiger partial charge in [0.25, 0.3) is 0 Å². The van der Waals surface area contributed by atoms with E-state index in [1.165, 1.54) is 0 Å². The number of imidazole rings is 1. The van der Waals surface area contributed by atoms with Crippen LogP contribution in [0.25, 0.3) is 0 Å². The van der Waals surface area contributed by atoms with Gasteiger partial charge in [-0.25, -0.2) is 9.98 Å². The van der Waals surface area contributed by atoms with Gasteiger partial charge in [-0.15, -0.1) is 24.0 Å². The summed E-state index contributed by atoms with van der Waals surface area (Å²) in [5, 5.41) is 0. The summed E-state index contributed by atoms with van der Waals surface area (Å²) in [6.45, 7) is 0.655. The highest BCUT2D eigenvalue weighted by Gasteiger charge is 2.04. The minimum absolute atomic E-state index is 0. The van der Waals surface area contributed by atoms with Gasteiger partial charge >= 0.3 is 0 Å². The van der Waals surface area contributed by atoms with Gasteiger partial charge in [-0.2, -0.15) is 0 Å². The smallest absolute Gasteiger partial charge is 0.195 e. The molecule has 0 aromatic carbocycles. The van der Waals surface area contributed by atoms with E-state index >= 15 is 0 Å². The van der Waals surface area contributed by atoms with Gasteiger partial charge in [0.2, 0.25) is 0 Å². The first-order valence-electron chi connectivity index (χ1n) is 4.86. The van der Waals surface area contributed by atoms with Gasteiger partial charge in [0.1, 0.15) is 0 Å². The second-order valence-electron chi connectivity index (χ2n) is 3.90. The summed E-state index contributed by atoms with van der Waals surface area (Å²) >= 11 is 0. The standard InChI is InChI=1S/C10H19N5.HI/c1-13(2)10(14(3)4)12-7-9-6-11-8-15(9)5;/h6,8H,7H2,1-5H3;1H. The first-order chi connectivity index (χ1) is 7.02. The van der Waals surface area contributed by atoms with Crippen molar-refractivity contribution < 1.29 is 0 Å². The van der Waals surface area contributed by atoms with Gasteiger partial charge in [-0.3, -0.25) is 0 Å². The van der Waals surface area contributed by atoms with Gasteiger partial charge in [0.15, 0.2) is 5.96 Å². The maximum absolute atomic E-state index is 4.53. The largest absolute Gasteiger partial charge is 0.349 e. The molecule has 0 saturated carbocycles. The Labute approximate surface area is 114 Å². The predicted molar refractivity (Wildman–Crippen MR) is 77.1 cm³/mol. The van der Waals surface area contributed by atoms with Crippen LogP contribution in [-0.2, 0) is 13.6 Å². The molecule has 0 aliphatic carbocycles. The molecular formula is C10H20IN5. The lowest BCUT2D eigenvalue weighted by atomic mass is 10.5. The summed E-state index contributed by atoms with van der Waals surface area (Å²) in [4.78, 5) is 12.6. The Morgan fingerprint density at radius 3 is 2.25 bits per heavy atom. The molecule has 0 amide bonds. The Balaban J connectivity index is 0.00000225. The monoisotopic (exact) mass is 337 g/mol. The minimum Gasteiger partial charge on any atom is -0.349 e. The minimum atomic E-state index is 0. The van der Waals surface area contributed by atoms with Gasteiger partial charge in [-0.05, 0) is 0 Å². The number of aliphatic imine (C=N–C) groups is 1. The van der Waals surface area contributed by atoms with Crippen LogP contribution >= 0.6 is 24.0 Å². The molecule has 92 valence electrons. The molecule has 0 N–H and O–H groups in total. The number of hydrogen-bond donors (Lipinski definition) is 0. The molecule has 5 nitrogen and oxygen atoms in total. The van der Waals surface area contributed by atoms with Crippen LogP contribution in [-0.4, -0.2) is 53.5 Å². The lowest BCUT2D eigenvalue weighted by Crippen LogP contribution is -2.35. The highest BCUT2D eigenvalue weighted by atomic mass is 127. The number of aryl methyl sites for hydroxylation is 1. The van der Waals surface area contributed by atoms with Crippen LogP contribution in [0.3, 0.4) is 0 Å². The van der Waals surface area contributed by atoms with Crippen molar-refractivity contribution in [3.63, 3.8) is 0 Å². The molecule has 0 unspecified atom stereocenters. The molecule has 0 aliphatic rings. The first kappa shape index (κ1) is 15.2. The molecule has 1 aromatic heterocycles. The van der Waals surface area contributed by atoms with Crippen LogP contribution in [0.1, 0.15) is 5.69 Å². The fourth-order valence-electron chi connectivity index (χ4n) is 1.37. The summed E-state index contributed by atoms with van der Waals surface area (Å²) in [7, 11) is 9.93. The van der Waals surface area contributed by atoms with Gasteiger partial charge in [0.05, 0.1) is 24.8 Å². The summed E-state index contributed by atoms with van der Waals surface area (Å²) in [6.07, 6.45) is 3.63. The van der Waals surface area contributed by atoms with Crippen molar-refractivity contribution >= 4 is 29.9 Å². The van der Waals surface area contributed by atoms with Crippen molar-refractivity contribution in [3.8, 4) is 0 Å². The van der Waals surface area contributed by atoms with E-state index in [1.54, 1.807) is 6.33 Å². The Kier molecular flexibility index (Phi) is 6.39. The molecule has 0 radical (unpaired) electrons. The molecule has 0 atom stereocenters. The maximum Gasteiger partial charge on any atom is 0.195 e. The Bertz CT molecular complexity index is 333. The summed E-state index contributed by atoms with van der Waals surface area (Å²) in [6, 6.07) is 0. The zero-order chi connectivity index (χ0) is 11.4. The SMILES string of the molecule is CN(C)C(=NCc1cncn1C)N(C)C.I. The Morgan fingerprint density at radius 2 is 1.88 bits per heavy atom. The Morgan fingerprint density at radius 1 is 1.31 bits per heavy atom. The van der Waals surface area contributed by atoms with Crippen LogP contribution in [0.2, 0.25) is 0 Å². The third-order valence-electron chi connectivity index (χ3n) is 2.10. The van der Waals surface area contributed by atoms with E-state index in [9.17, 15) is 0 Å². The lowest BCUT2D eigenvalue weighted by Gasteiger charge is -2.22. The summed E-state index contributed by atoms with van der Waals surface area (Å²) < 4.78 is 1.98. The average molecular weight is 337 g/mol. The van der Waals surface area contributed by atoms with E-state index < -0.39 is 0 Å². The van der Waals surface area contributed by atoms with Gasteiger partial charge in [0, 0.05) is 35.2 Å². The molecule has 0 spiro atoms. The maximum atomic E-state index is 4.53. The molecule has 0 fully saturated rings. The molecule has 0 saturated heterocycles. The molecular weight excluding hydrogens is 317 g/mol. The number of hydrogen-bond acceptors (Lipinski definition) is 2. The first-order valence-corrected chi connectivity index (χ1v) is 4.86. The number of guanidine groups is 1. The summed E-state index contributed by atoms with van der Waals surface area (Å²) in [5.74, 6) is 0.955.